The second kappa shape index (κ2) is 7.03. The van der Waals surface area contributed by atoms with E-state index in [9.17, 15) is 0 Å². The summed E-state index contributed by atoms with van der Waals surface area (Å²) >= 11 is 6.06. The van der Waals surface area contributed by atoms with Crippen LogP contribution in [-0.2, 0) is 13.1 Å². The Hall–Kier alpha value is -1.42. The highest BCUT2D eigenvalue weighted by atomic mass is 35.5. The van der Waals surface area contributed by atoms with Crippen molar-refractivity contribution in [1.82, 2.24) is 4.98 Å². The Bertz CT molecular complexity index is 565. The lowest BCUT2D eigenvalue weighted by Crippen LogP contribution is -3.27. The molecule has 3 rings (SSSR count). The molecular formula is C17H22ClN3+2. The van der Waals surface area contributed by atoms with E-state index in [1.54, 1.807) is 9.80 Å². The molecule has 0 radical (unpaired) electrons. The average Bonchev–Trinajstić information content (AvgIpc) is 2.50. The van der Waals surface area contributed by atoms with Crippen molar-refractivity contribution in [2.75, 3.05) is 26.2 Å². The van der Waals surface area contributed by atoms with Crippen molar-refractivity contribution in [2.45, 2.75) is 13.1 Å². The van der Waals surface area contributed by atoms with Gasteiger partial charge >= 0.3 is 0 Å². The zero-order valence-electron chi connectivity index (χ0n) is 12.2. The van der Waals surface area contributed by atoms with Gasteiger partial charge in [0.05, 0.1) is 5.69 Å². The Morgan fingerprint density at radius 1 is 0.905 bits per heavy atom. The fourth-order valence-corrected chi connectivity index (χ4v) is 3.22. The molecule has 1 saturated heterocycles. The van der Waals surface area contributed by atoms with Crippen molar-refractivity contribution in [1.29, 1.82) is 0 Å². The number of piperazine rings is 1. The topological polar surface area (TPSA) is 21.8 Å². The summed E-state index contributed by atoms with van der Waals surface area (Å²) in [5.41, 5.74) is 2.54. The molecule has 0 amide bonds. The molecule has 1 aromatic heterocycles. The van der Waals surface area contributed by atoms with Gasteiger partial charge in [0.1, 0.15) is 39.3 Å². The Morgan fingerprint density at radius 3 is 2.33 bits per heavy atom. The van der Waals surface area contributed by atoms with Crippen molar-refractivity contribution in [3.05, 3.63) is 64.9 Å². The van der Waals surface area contributed by atoms with Crippen LogP contribution in [0.1, 0.15) is 11.3 Å². The Kier molecular flexibility index (Phi) is 4.86. The molecule has 21 heavy (non-hydrogen) atoms. The first kappa shape index (κ1) is 14.5. The number of nitrogens with one attached hydrogen (secondary N) is 2. The Morgan fingerprint density at radius 2 is 1.67 bits per heavy atom. The molecule has 0 saturated carbocycles. The van der Waals surface area contributed by atoms with Gasteiger partial charge in [0.2, 0.25) is 0 Å². The number of rotatable bonds is 4. The van der Waals surface area contributed by atoms with Crippen LogP contribution in [0.3, 0.4) is 0 Å². The van der Waals surface area contributed by atoms with Gasteiger partial charge in [-0.2, -0.15) is 0 Å². The predicted octanol–water partition coefficient (Wildman–Crippen LogP) is 0.219. The van der Waals surface area contributed by atoms with E-state index in [0.717, 1.165) is 18.1 Å². The zero-order valence-corrected chi connectivity index (χ0v) is 12.9. The van der Waals surface area contributed by atoms with Crippen LogP contribution in [0.5, 0.6) is 0 Å². The maximum Gasteiger partial charge on any atom is 0.127 e. The summed E-state index contributed by atoms with van der Waals surface area (Å²) in [7, 11) is 0. The summed E-state index contributed by atoms with van der Waals surface area (Å²) in [5.74, 6) is 0. The van der Waals surface area contributed by atoms with Gasteiger partial charge in [-0.3, -0.25) is 4.98 Å². The molecule has 1 aliphatic heterocycles. The van der Waals surface area contributed by atoms with E-state index in [1.165, 1.54) is 37.4 Å². The molecule has 2 heterocycles. The summed E-state index contributed by atoms with van der Waals surface area (Å²) in [4.78, 5) is 7.72. The maximum absolute atomic E-state index is 6.06. The molecule has 0 bridgehead atoms. The number of pyridine rings is 1. The number of quaternary nitrogens is 2. The summed E-state index contributed by atoms with van der Waals surface area (Å²) in [6.07, 6.45) is 1.88. The number of halogens is 1. The molecule has 2 N–H and O–H groups in total. The minimum atomic E-state index is 0.839. The van der Waals surface area contributed by atoms with E-state index in [-0.39, 0.29) is 0 Å². The second-order valence-corrected chi connectivity index (χ2v) is 6.24. The third-order valence-electron chi connectivity index (χ3n) is 4.16. The van der Waals surface area contributed by atoms with Gasteiger partial charge in [-0.15, -0.1) is 0 Å². The van der Waals surface area contributed by atoms with Gasteiger partial charge in [-0.1, -0.05) is 29.8 Å². The van der Waals surface area contributed by atoms with Gasteiger partial charge in [-0.25, -0.2) is 0 Å². The molecule has 0 aliphatic carbocycles. The number of aromatic nitrogens is 1. The minimum absolute atomic E-state index is 0.839. The van der Waals surface area contributed by atoms with Crippen LogP contribution >= 0.6 is 11.6 Å². The SMILES string of the molecule is Clc1cccc(C[NH+]2CC[NH+](Cc3ccccn3)CC2)c1. The summed E-state index contributed by atoms with van der Waals surface area (Å²) < 4.78 is 0. The van der Waals surface area contributed by atoms with Crippen LogP contribution in [0.15, 0.2) is 48.7 Å². The molecule has 0 spiro atoms. The lowest BCUT2D eigenvalue weighted by Gasteiger charge is -2.29. The van der Waals surface area contributed by atoms with Crippen LogP contribution in [-0.4, -0.2) is 31.2 Å². The second-order valence-electron chi connectivity index (χ2n) is 5.80. The van der Waals surface area contributed by atoms with E-state index in [4.69, 9.17) is 11.6 Å². The number of hydrogen-bond acceptors (Lipinski definition) is 1. The van der Waals surface area contributed by atoms with Crippen molar-refractivity contribution in [3.8, 4) is 0 Å². The lowest BCUT2D eigenvalue weighted by atomic mass is 10.2. The highest BCUT2D eigenvalue weighted by molar-refractivity contribution is 6.30. The first-order chi connectivity index (χ1) is 10.3. The molecular weight excluding hydrogens is 282 g/mol. The van der Waals surface area contributed by atoms with Crippen molar-refractivity contribution >= 4 is 11.6 Å². The monoisotopic (exact) mass is 303 g/mol. The van der Waals surface area contributed by atoms with Gasteiger partial charge in [0, 0.05) is 16.8 Å². The zero-order chi connectivity index (χ0) is 14.5. The fourth-order valence-electron chi connectivity index (χ4n) is 3.01. The van der Waals surface area contributed by atoms with Gasteiger partial charge in [-0.05, 0) is 24.3 Å². The molecule has 110 valence electrons. The standard InChI is InChI=1S/C17H20ClN3/c18-16-5-3-4-15(12-16)13-20-8-10-21(11-9-20)14-17-6-1-2-7-19-17/h1-7,12H,8-11,13-14H2/p+2. The maximum atomic E-state index is 6.06. The molecule has 1 fully saturated rings. The van der Waals surface area contributed by atoms with Crippen molar-refractivity contribution in [3.63, 3.8) is 0 Å². The van der Waals surface area contributed by atoms with Crippen LogP contribution in [0.2, 0.25) is 5.02 Å². The first-order valence-electron chi connectivity index (χ1n) is 7.61. The Labute approximate surface area is 131 Å². The highest BCUT2D eigenvalue weighted by Gasteiger charge is 2.23. The average molecular weight is 304 g/mol. The van der Waals surface area contributed by atoms with Gasteiger partial charge in [0.25, 0.3) is 0 Å². The third kappa shape index (κ3) is 4.27. The van der Waals surface area contributed by atoms with Crippen LogP contribution in [0.4, 0.5) is 0 Å². The predicted molar refractivity (Wildman–Crippen MR) is 84.5 cm³/mol. The minimum Gasteiger partial charge on any atom is -0.322 e. The lowest BCUT2D eigenvalue weighted by molar-refractivity contribution is -1.02. The number of hydrogen-bond donors (Lipinski definition) is 2. The smallest absolute Gasteiger partial charge is 0.127 e. The van der Waals surface area contributed by atoms with Crippen LogP contribution < -0.4 is 9.80 Å². The number of benzene rings is 1. The quantitative estimate of drug-likeness (QED) is 0.829. The molecule has 0 unspecified atom stereocenters. The molecule has 2 aromatic rings. The molecule has 3 nitrogen and oxygen atoms in total. The van der Waals surface area contributed by atoms with Crippen LogP contribution in [0, 0.1) is 0 Å². The first-order valence-corrected chi connectivity index (χ1v) is 7.99. The summed E-state index contributed by atoms with van der Waals surface area (Å²) in [6.45, 7) is 6.99. The van der Waals surface area contributed by atoms with E-state index < -0.39 is 0 Å². The summed E-state index contributed by atoms with van der Waals surface area (Å²) in [5, 5.41) is 0.839. The molecule has 4 heteroatoms. The van der Waals surface area contributed by atoms with Crippen molar-refractivity contribution < 1.29 is 9.80 Å². The molecule has 1 aromatic carbocycles. The summed E-state index contributed by atoms with van der Waals surface area (Å²) in [6, 6.07) is 14.4. The van der Waals surface area contributed by atoms with E-state index in [0.29, 0.717) is 0 Å². The fraction of sp³-hybridized carbons (Fsp3) is 0.353. The van der Waals surface area contributed by atoms with Crippen molar-refractivity contribution in [2.24, 2.45) is 0 Å². The molecule has 0 atom stereocenters. The Balaban J connectivity index is 1.49. The normalized spacial score (nSPS) is 22.1. The largest absolute Gasteiger partial charge is 0.322 e. The van der Waals surface area contributed by atoms with E-state index >= 15 is 0 Å². The molecule has 1 aliphatic rings. The van der Waals surface area contributed by atoms with Crippen LogP contribution in [0.25, 0.3) is 0 Å². The highest BCUT2D eigenvalue weighted by Crippen LogP contribution is 2.09. The number of nitrogens with zero attached hydrogens (tertiary/aromatic N) is 1. The van der Waals surface area contributed by atoms with Gasteiger partial charge in [0.15, 0.2) is 0 Å². The van der Waals surface area contributed by atoms with E-state index in [2.05, 4.69) is 29.2 Å². The van der Waals surface area contributed by atoms with Gasteiger partial charge < -0.3 is 9.80 Å². The third-order valence-corrected chi connectivity index (χ3v) is 4.40. The van der Waals surface area contributed by atoms with E-state index in [1.807, 2.05) is 24.4 Å².